The summed E-state index contributed by atoms with van der Waals surface area (Å²) in [5.41, 5.74) is 6.51. The number of hydrogen-bond donors (Lipinski definition) is 2. The summed E-state index contributed by atoms with van der Waals surface area (Å²) in [4.78, 5) is 14.1. The van der Waals surface area contributed by atoms with Crippen LogP contribution >= 0.6 is 0 Å². The Morgan fingerprint density at radius 3 is 2.65 bits per heavy atom. The van der Waals surface area contributed by atoms with Crippen LogP contribution in [0.4, 0.5) is 18.9 Å². The average molecular weight is 363 g/mol. The summed E-state index contributed by atoms with van der Waals surface area (Å²) in [6.07, 6.45) is -2.04. The highest BCUT2D eigenvalue weighted by molar-refractivity contribution is 6.10. The number of halogens is 3. The van der Waals surface area contributed by atoms with Gasteiger partial charge >= 0.3 is 6.18 Å². The molecule has 0 saturated heterocycles. The number of alkyl halides is 3. The van der Waals surface area contributed by atoms with E-state index in [0.29, 0.717) is 18.5 Å². The third kappa shape index (κ3) is 3.35. The van der Waals surface area contributed by atoms with E-state index in [0.717, 1.165) is 11.6 Å². The molecule has 0 spiro atoms. The van der Waals surface area contributed by atoms with E-state index in [9.17, 15) is 18.0 Å². The fraction of sp³-hybridized carbons (Fsp3) is 0.263. The molecular weight excluding hydrogens is 343 g/mol. The van der Waals surface area contributed by atoms with Gasteiger partial charge in [0.1, 0.15) is 0 Å². The first-order valence-corrected chi connectivity index (χ1v) is 8.18. The summed E-state index contributed by atoms with van der Waals surface area (Å²) in [5, 5.41) is 7.11. The summed E-state index contributed by atoms with van der Waals surface area (Å²) in [6, 6.07) is 9.59. The number of fused-ring (bicyclic) bond motifs is 1. The normalized spacial score (nSPS) is 13.8. The first-order valence-electron chi connectivity index (χ1n) is 8.18. The van der Waals surface area contributed by atoms with E-state index >= 15 is 0 Å². The van der Waals surface area contributed by atoms with Gasteiger partial charge in [-0.05, 0) is 60.0 Å². The third-order valence-corrected chi connectivity index (χ3v) is 4.44. The Morgan fingerprint density at radius 2 is 2.00 bits per heavy atom. The zero-order valence-corrected chi connectivity index (χ0v) is 13.9. The molecule has 1 aliphatic heterocycles. The number of hydrogen-bond acceptors (Lipinski definition) is 3. The van der Waals surface area contributed by atoms with E-state index in [2.05, 4.69) is 0 Å². The van der Waals surface area contributed by atoms with Crippen LogP contribution in [-0.4, -0.2) is 12.1 Å². The van der Waals surface area contributed by atoms with Crippen LogP contribution < -0.4 is 10.6 Å². The average Bonchev–Trinajstić information content (AvgIpc) is 2.95. The predicted molar refractivity (Wildman–Crippen MR) is 95.5 cm³/mol. The second-order valence-electron chi connectivity index (χ2n) is 6.18. The van der Waals surface area contributed by atoms with Crippen molar-refractivity contribution in [2.45, 2.75) is 32.1 Å². The monoisotopic (exact) mass is 363 g/mol. The molecule has 1 amide bonds. The van der Waals surface area contributed by atoms with Gasteiger partial charge in [0.05, 0.1) is 12.1 Å². The number of nitrogens with zero attached hydrogens (tertiary/aromatic N) is 1. The van der Waals surface area contributed by atoms with Gasteiger partial charge in [-0.3, -0.25) is 4.79 Å². The zero-order valence-electron chi connectivity index (χ0n) is 13.9. The fourth-order valence-electron chi connectivity index (χ4n) is 3.17. The van der Waals surface area contributed by atoms with E-state index in [4.69, 9.17) is 11.1 Å². The lowest BCUT2D eigenvalue weighted by molar-refractivity contribution is -0.138. The van der Waals surface area contributed by atoms with Crippen LogP contribution in [0.3, 0.4) is 0 Å². The van der Waals surface area contributed by atoms with Crippen LogP contribution in [0.5, 0.6) is 0 Å². The number of benzene rings is 2. The van der Waals surface area contributed by atoms with Gasteiger partial charge in [0.15, 0.2) is 0 Å². The Labute approximate surface area is 150 Å². The second-order valence-corrected chi connectivity index (χ2v) is 6.18. The number of anilines is 1. The predicted octanol–water partition coefficient (Wildman–Crippen LogP) is 4.15. The van der Waals surface area contributed by atoms with Crippen molar-refractivity contribution >= 4 is 17.8 Å². The fourth-order valence-corrected chi connectivity index (χ4v) is 3.17. The standard InChI is InChI=1S/C19H18F3N3O.H2/c20-19(21,22)17-9-13(10-24)8-15-16(17)11-25(18(15)26)14-5-1-3-12(7-14)4-2-6-23;/h1,3,5-9,23H,2,4,10-11,24H2;1H. The van der Waals surface area contributed by atoms with Crippen LogP contribution in [0.2, 0.25) is 0 Å². The summed E-state index contributed by atoms with van der Waals surface area (Å²) in [7, 11) is 0. The molecular formula is C19H20F3N3O. The Kier molecular flexibility index (Phi) is 4.82. The maximum absolute atomic E-state index is 13.4. The summed E-state index contributed by atoms with van der Waals surface area (Å²) >= 11 is 0. The molecule has 2 aromatic carbocycles. The number of carbonyl (C=O) groups excluding carboxylic acids is 1. The molecule has 7 heteroatoms. The maximum atomic E-state index is 13.4. The molecule has 3 N–H and O–H groups in total. The van der Waals surface area contributed by atoms with Gasteiger partial charge in [-0.2, -0.15) is 13.2 Å². The molecule has 0 unspecified atom stereocenters. The lowest BCUT2D eigenvalue weighted by Gasteiger charge is -2.17. The molecule has 1 aliphatic rings. The largest absolute Gasteiger partial charge is 0.416 e. The number of nitrogens with one attached hydrogen (secondary N) is 1. The van der Waals surface area contributed by atoms with Crippen LogP contribution in [0.1, 0.15) is 40.5 Å². The Morgan fingerprint density at radius 1 is 1.23 bits per heavy atom. The van der Waals surface area contributed by atoms with Crippen molar-refractivity contribution in [1.29, 1.82) is 5.41 Å². The molecule has 0 bridgehead atoms. The summed E-state index contributed by atoms with van der Waals surface area (Å²) in [6.45, 7) is -0.190. The summed E-state index contributed by atoms with van der Waals surface area (Å²) < 4.78 is 40.3. The van der Waals surface area contributed by atoms with Crippen LogP contribution in [0.15, 0.2) is 36.4 Å². The molecule has 0 aliphatic carbocycles. The van der Waals surface area contributed by atoms with E-state index < -0.39 is 17.6 Å². The molecule has 0 radical (unpaired) electrons. The molecule has 26 heavy (non-hydrogen) atoms. The molecule has 2 aromatic rings. The zero-order chi connectivity index (χ0) is 18.9. The number of aryl methyl sites for hydroxylation is 1. The first-order chi connectivity index (χ1) is 12.3. The number of amides is 1. The molecule has 0 atom stereocenters. The number of rotatable bonds is 5. The van der Waals surface area contributed by atoms with E-state index in [-0.39, 0.29) is 31.2 Å². The van der Waals surface area contributed by atoms with Gasteiger partial charge in [-0.1, -0.05) is 12.1 Å². The van der Waals surface area contributed by atoms with E-state index in [1.54, 1.807) is 18.2 Å². The van der Waals surface area contributed by atoms with Crippen LogP contribution in [0, 0.1) is 5.41 Å². The minimum Gasteiger partial charge on any atom is -0.326 e. The van der Waals surface area contributed by atoms with Crippen LogP contribution in [0.25, 0.3) is 0 Å². The lowest BCUT2D eigenvalue weighted by atomic mass is 9.99. The molecule has 3 rings (SSSR count). The topological polar surface area (TPSA) is 70.2 Å². The second kappa shape index (κ2) is 6.92. The molecule has 0 fully saturated rings. The van der Waals surface area contributed by atoms with Gasteiger partial charge in [-0.25, -0.2) is 0 Å². The Balaban J connectivity index is 0.00000261. The minimum atomic E-state index is -4.54. The van der Waals surface area contributed by atoms with Crippen molar-refractivity contribution in [3.63, 3.8) is 0 Å². The van der Waals surface area contributed by atoms with Crippen molar-refractivity contribution in [1.82, 2.24) is 0 Å². The van der Waals surface area contributed by atoms with Crippen molar-refractivity contribution in [3.05, 3.63) is 64.2 Å². The molecule has 0 saturated carbocycles. The van der Waals surface area contributed by atoms with Gasteiger partial charge in [-0.15, -0.1) is 0 Å². The highest BCUT2D eigenvalue weighted by Crippen LogP contribution is 2.39. The van der Waals surface area contributed by atoms with E-state index in [1.165, 1.54) is 17.2 Å². The Bertz CT molecular complexity index is 868. The Hall–Kier alpha value is -2.67. The number of nitrogens with two attached hydrogens (primary N) is 1. The minimum absolute atomic E-state index is 0. The lowest BCUT2D eigenvalue weighted by Crippen LogP contribution is -2.23. The smallest absolute Gasteiger partial charge is 0.326 e. The van der Waals surface area contributed by atoms with E-state index in [1.807, 2.05) is 6.07 Å². The SMILES string of the molecule is N=CCCc1cccc(N2Cc3c(cc(CN)cc3C(F)(F)F)C2=O)c1.[HH]. The van der Waals surface area contributed by atoms with Gasteiger partial charge in [0.25, 0.3) is 5.91 Å². The molecule has 1 heterocycles. The van der Waals surface area contributed by atoms with Crippen molar-refractivity contribution in [2.24, 2.45) is 5.73 Å². The number of carbonyl (C=O) groups is 1. The molecule has 138 valence electrons. The molecule has 0 aromatic heterocycles. The van der Waals surface area contributed by atoms with Gasteiger partial charge < -0.3 is 16.0 Å². The highest BCUT2D eigenvalue weighted by Gasteiger charge is 2.40. The van der Waals surface area contributed by atoms with Crippen molar-refractivity contribution in [2.75, 3.05) is 4.90 Å². The maximum Gasteiger partial charge on any atom is 0.416 e. The highest BCUT2D eigenvalue weighted by atomic mass is 19.4. The third-order valence-electron chi connectivity index (χ3n) is 4.44. The van der Waals surface area contributed by atoms with Crippen molar-refractivity contribution < 1.29 is 19.4 Å². The van der Waals surface area contributed by atoms with Gasteiger partial charge in [0, 0.05) is 19.2 Å². The van der Waals surface area contributed by atoms with Crippen molar-refractivity contribution in [3.8, 4) is 0 Å². The van der Waals surface area contributed by atoms with Crippen LogP contribution in [-0.2, 0) is 25.7 Å². The van der Waals surface area contributed by atoms with Gasteiger partial charge in [0.2, 0.25) is 0 Å². The molecule has 4 nitrogen and oxygen atoms in total. The first kappa shape index (κ1) is 18.1. The summed E-state index contributed by atoms with van der Waals surface area (Å²) in [5.74, 6) is -0.454. The quantitative estimate of drug-likeness (QED) is 0.784.